The van der Waals surface area contributed by atoms with Gasteiger partial charge in [0, 0.05) is 40.3 Å². The largest absolute Gasteiger partial charge is 0.361 e. The van der Waals surface area contributed by atoms with Crippen molar-refractivity contribution in [1.29, 1.82) is 0 Å². The third kappa shape index (κ3) is 2.84. The minimum Gasteiger partial charge on any atom is -0.361 e. The van der Waals surface area contributed by atoms with E-state index in [4.69, 9.17) is 0 Å². The molecule has 0 unspecified atom stereocenters. The number of anilines is 1. The third-order valence-electron chi connectivity index (χ3n) is 5.40. The van der Waals surface area contributed by atoms with Crippen LogP contribution in [-0.4, -0.2) is 26.4 Å². The maximum Gasteiger partial charge on any atom is 0.258 e. The summed E-state index contributed by atoms with van der Waals surface area (Å²) in [5.74, 6) is 0.0859. The van der Waals surface area contributed by atoms with E-state index < -0.39 is 0 Å². The van der Waals surface area contributed by atoms with Crippen molar-refractivity contribution in [1.82, 2.24) is 14.5 Å². The van der Waals surface area contributed by atoms with Crippen LogP contribution in [0.15, 0.2) is 41.9 Å². The number of carbonyl (C=O) groups is 1. The predicted molar refractivity (Wildman–Crippen MR) is 110 cm³/mol. The second kappa shape index (κ2) is 6.85. The lowest BCUT2D eigenvalue weighted by Crippen LogP contribution is -2.47. The van der Waals surface area contributed by atoms with Crippen LogP contribution in [0.5, 0.6) is 0 Å². The molecule has 140 valence electrons. The number of nitrogens with zero attached hydrogens (tertiary/aromatic N) is 3. The molecule has 0 radical (unpaired) electrons. The summed E-state index contributed by atoms with van der Waals surface area (Å²) in [4.78, 5) is 19.8. The summed E-state index contributed by atoms with van der Waals surface area (Å²) in [6, 6.07) is 10.1. The van der Waals surface area contributed by atoms with Crippen LogP contribution in [0.1, 0.15) is 53.7 Å². The van der Waals surface area contributed by atoms with E-state index in [-0.39, 0.29) is 18.1 Å². The van der Waals surface area contributed by atoms with Gasteiger partial charge in [0.25, 0.3) is 5.91 Å². The van der Waals surface area contributed by atoms with Gasteiger partial charge in [-0.1, -0.05) is 19.1 Å². The van der Waals surface area contributed by atoms with Gasteiger partial charge < -0.3 is 10.2 Å². The summed E-state index contributed by atoms with van der Waals surface area (Å²) in [6.07, 6.45) is 2.53. The lowest BCUT2D eigenvalue weighted by molar-refractivity contribution is 0.0593. The van der Waals surface area contributed by atoms with Crippen molar-refractivity contribution >= 4 is 22.9 Å². The Bertz CT molecular complexity index is 976. The molecule has 1 aliphatic heterocycles. The van der Waals surface area contributed by atoms with Crippen molar-refractivity contribution in [2.75, 3.05) is 5.32 Å². The molecular weight excluding hydrogens is 356 g/mol. The van der Waals surface area contributed by atoms with Gasteiger partial charge in [0.05, 0.1) is 5.56 Å². The number of aromatic nitrogens is 2. The molecule has 4 rings (SSSR count). The number of amides is 1. The molecule has 3 heterocycles. The number of carbonyl (C=O) groups excluding carboxylic acids is 1. The fourth-order valence-corrected chi connectivity index (χ4v) is 4.58. The Labute approximate surface area is 163 Å². The van der Waals surface area contributed by atoms with Crippen LogP contribution in [0.3, 0.4) is 0 Å². The van der Waals surface area contributed by atoms with E-state index in [0.717, 1.165) is 39.8 Å². The third-order valence-corrected chi connectivity index (χ3v) is 6.16. The molecule has 2 aromatic heterocycles. The Morgan fingerprint density at radius 1 is 1.30 bits per heavy atom. The van der Waals surface area contributed by atoms with Crippen molar-refractivity contribution in [3.63, 3.8) is 0 Å². The molecule has 1 amide bonds. The van der Waals surface area contributed by atoms with Crippen LogP contribution in [0.4, 0.5) is 5.69 Å². The van der Waals surface area contributed by atoms with Gasteiger partial charge >= 0.3 is 0 Å². The maximum absolute atomic E-state index is 13.3. The molecule has 0 aliphatic carbocycles. The number of hydrogen-bond donors (Lipinski definition) is 1. The van der Waals surface area contributed by atoms with Gasteiger partial charge in [-0.15, -0.1) is 11.3 Å². The number of rotatable bonds is 4. The second-order valence-corrected chi connectivity index (χ2v) is 7.91. The van der Waals surface area contributed by atoms with E-state index in [1.165, 1.54) is 0 Å². The van der Waals surface area contributed by atoms with Crippen LogP contribution < -0.4 is 5.32 Å². The lowest BCUT2D eigenvalue weighted by Gasteiger charge is -2.41. The smallest absolute Gasteiger partial charge is 0.258 e. The first-order valence-electron chi connectivity index (χ1n) is 9.29. The fourth-order valence-electron chi connectivity index (χ4n) is 3.83. The van der Waals surface area contributed by atoms with Gasteiger partial charge in [-0.2, -0.15) is 0 Å². The zero-order chi connectivity index (χ0) is 19.1. The van der Waals surface area contributed by atoms with E-state index in [1.54, 1.807) is 11.3 Å². The molecule has 0 bridgehead atoms. The summed E-state index contributed by atoms with van der Waals surface area (Å²) in [6.45, 7) is 8.42. The standard InChI is InChI=1S/C21H24N4OS/c1-5-13(2)25-19(23-18-9-7-6-8-16(18)20(25)26)17-12-14(3)24(15(17)4)21-22-10-11-27-21/h6-13,19,23H,5H2,1-4H3/t13-,19-/m1/s1. The lowest BCUT2D eigenvalue weighted by atomic mass is 10.0. The van der Waals surface area contributed by atoms with Gasteiger partial charge in [-0.3, -0.25) is 9.36 Å². The molecule has 1 aromatic carbocycles. The first kappa shape index (κ1) is 17.8. The van der Waals surface area contributed by atoms with Crippen LogP contribution >= 0.6 is 11.3 Å². The Morgan fingerprint density at radius 3 is 2.78 bits per heavy atom. The van der Waals surface area contributed by atoms with E-state index >= 15 is 0 Å². The number of benzene rings is 1. The van der Waals surface area contributed by atoms with Gasteiger partial charge in [0.15, 0.2) is 5.13 Å². The molecule has 27 heavy (non-hydrogen) atoms. The summed E-state index contributed by atoms with van der Waals surface area (Å²) in [5.41, 5.74) is 4.98. The molecule has 1 aliphatic rings. The topological polar surface area (TPSA) is 50.2 Å². The zero-order valence-electron chi connectivity index (χ0n) is 16.1. The highest BCUT2D eigenvalue weighted by Gasteiger charge is 2.37. The average molecular weight is 381 g/mol. The molecule has 3 aromatic rings. The van der Waals surface area contributed by atoms with Crippen molar-refractivity contribution in [3.8, 4) is 5.13 Å². The van der Waals surface area contributed by atoms with Crippen LogP contribution in [-0.2, 0) is 0 Å². The first-order chi connectivity index (χ1) is 13.0. The quantitative estimate of drug-likeness (QED) is 0.699. The maximum atomic E-state index is 13.3. The molecule has 1 N–H and O–H groups in total. The highest BCUT2D eigenvalue weighted by Crippen LogP contribution is 2.37. The van der Waals surface area contributed by atoms with Gasteiger partial charge in [-0.05, 0) is 45.4 Å². The molecule has 2 atom stereocenters. The molecular formula is C21H24N4OS. The van der Waals surface area contributed by atoms with E-state index in [1.807, 2.05) is 40.7 Å². The van der Waals surface area contributed by atoms with Gasteiger partial charge in [0.1, 0.15) is 6.17 Å². The molecule has 0 saturated heterocycles. The second-order valence-electron chi connectivity index (χ2n) is 7.04. The molecule has 0 fully saturated rings. The molecule has 0 spiro atoms. The van der Waals surface area contributed by atoms with Crippen molar-refractivity contribution in [2.24, 2.45) is 0 Å². The van der Waals surface area contributed by atoms with E-state index in [2.05, 4.69) is 48.6 Å². The first-order valence-corrected chi connectivity index (χ1v) is 10.2. The fraction of sp³-hybridized carbons (Fsp3) is 0.333. The van der Waals surface area contributed by atoms with Gasteiger partial charge in [-0.25, -0.2) is 4.98 Å². The number of aryl methyl sites for hydroxylation is 1. The van der Waals surface area contributed by atoms with E-state index in [9.17, 15) is 4.79 Å². The monoisotopic (exact) mass is 380 g/mol. The summed E-state index contributed by atoms with van der Waals surface area (Å²) in [7, 11) is 0. The molecule has 6 heteroatoms. The Balaban J connectivity index is 1.85. The Hall–Kier alpha value is -2.60. The normalized spacial score (nSPS) is 17.6. The summed E-state index contributed by atoms with van der Waals surface area (Å²) < 4.78 is 2.17. The molecule has 5 nitrogen and oxygen atoms in total. The summed E-state index contributed by atoms with van der Waals surface area (Å²) in [5, 5.41) is 6.55. The zero-order valence-corrected chi connectivity index (χ0v) is 16.9. The highest BCUT2D eigenvalue weighted by atomic mass is 32.1. The van der Waals surface area contributed by atoms with Crippen molar-refractivity contribution in [3.05, 3.63) is 64.4 Å². The predicted octanol–water partition coefficient (Wildman–Crippen LogP) is 4.92. The molecule has 0 saturated carbocycles. The van der Waals surface area contributed by atoms with E-state index in [0.29, 0.717) is 0 Å². The summed E-state index contributed by atoms with van der Waals surface area (Å²) >= 11 is 1.62. The highest BCUT2D eigenvalue weighted by molar-refractivity contribution is 7.12. The van der Waals surface area contributed by atoms with Crippen LogP contribution in [0.2, 0.25) is 0 Å². The van der Waals surface area contributed by atoms with Crippen molar-refractivity contribution in [2.45, 2.75) is 46.3 Å². The van der Waals surface area contributed by atoms with Gasteiger partial charge in [0.2, 0.25) is 0 Å². The Morgan fingerprint density at radius 2 is 2.07 bits per heavy atom. The van der Waals surface area contributed by atoms with Crippen LogP contribution in [0, 0.1) is 13.8 Å². The van der Waals surface area contributed by atoms with Crippen molar-refractivity contribution < 1.29 is 4.79 Å². The minimum absolute atomic E-state index is 0.0859. The van der Waals surface area contributed by atoms with Crippen LogP contribution in [0.25, 0.3) is 5.13 Å². The SMILES string of the molecule is CC[C@@H](C)N1C(=O)c2ccccc2N[C@H]1c1cc(C)n(-c2nccs2)c1C. The number of para-hydroxylation sites is 1. The number of thiazole rings is 1. The number of nitrogens with one attached hydrogen (secondary N) is 1. The average Bonchev–Trinajstić information content (AvgIpc) is 3.28. The number of fused-ring (bicyclic) bond motifs is 1. The Kier molecular flexibility index (Phi) is 4.52. The number of hydrogen-bond acceptors (Lipinski definition) is 4. The minimum atomic E-state index is -0.192.